The number of carbonyl (C=O) groups excluding carboxylic acids is 1. The Balaban J connectivity index is 3.46. The second-order valence-electron chi connectivity index (χ2n) is 2.28. The van der Waals surface area contributed by atoms with E-state index in [0.717, 1.165) is 4.68 Å². The number of aromatic nitrogens is 2. The van der Waals surface area contributed by atoms with Gasteiger partial charge in [0, 0.05) is 17.2 Å². The first-order valence-corrected chi connectivity index (χ1v) is 5.77. The minimum absolute atomic E-state index is 0.0168. The van der Waals surface area contributed by atoms with Gasteiger partial charge in [-0.2, -0.15) is 5.10 Å². The Morgan fingerprint density at radius 3 is 2.69 bits per heavy atom. The van der Waals surface area contributed by atoms with Gasteiger partial charge in [0.05, 0.1) is 11.8 Å². The van der Waals surface area contributed by atoms with Crippen LogP contribution in [0, 0.1) is 0 Å². The Kier molecular flexibility index (Phi) is 2.72. The molecule has 72 valence electrons. The standard InChI is InChI=1S/C6H7ClN2O3S/c1-2-9-6(13(7,11)12)5(4-10)3-8-9/h3-4H,2H2,1H3. The van der Waals surface area contributed by atoms with Gasteiger partial charge in [-0.1, -0.05) is 0 Å². The predicted molar refractivity (Wildman–Crippen MR) is 46.3 cm³/mol. The molecule has 0 fully saturated rings. The molecule has 5 nitrogen and oxygen atoms in total. The summed E-state index contributed by atoms with van der Waals surface area (Å²) in [6.07, 6.45) is 1.58. The molecule has 0 aliphatic heterocycles. The molecule has 1 aromatic rings. The molecular weight excluding hydrogens is 216 g/mol. The first-order chi connectivity index (χ1) is 6.00. The molecule has 0 bridgehead atoms. The Hall–Kier alpha value is -0.880. The molecule has 0 aliphatic rings. The third kappa shape index (κ3) is 1.89. The van der Waals surface area contributed by atoms with Crippen LogP contribution in [0.3, 0.4) is 0 Å². The summed E-state index contributed by atoms with van der Waals surface area (Å²) in [7, 11) is 1.22. The second kappa shape index (κ2) is 3.47. The molecule has 0 atom stereocenters. The van der Waals surface area contributed by atoms with E-state index in [0.29, 0.717) is 12.8 Å². The van der Waals surface area contributed by atoms with Gasteiger partial charge in [0.25, 0.3) is 9.05 Å². The summed E-state index contributed by atoms with van der Waals surface area (Å²) >= 11 is 0. The number of hydrogen-bond donors (Lipinski definition) is 0. The third-order valence-electron chi connectivity index (χ3n) is 1.48. The van der Waals surface area contributed by atoms with E-state index in [2.05, 4.69) is 5.10 Å². The van der Waals surface area contributed by atoms with Crippen molar-refractivity contribution in [1.29, 1.82) is 0 Å². The number of carbonyl (C=O) groups is 1. The van der Waals surface area contributed by atoms with Crippen LogP contribution in [0.25, 0.3) is 0 Å². The van der Waals surface area contributed by atoms with Gasteiger partial charge in [0.15, 0.2) is 11.3 Å². The average molecular weight is 223 g/mol. The molecule has 0 aromatic carbocycles. The summed E-state index contributed by atoms with van der Waals surface area (Å²) in [5, 5.41) is 3.45. The van der Waals surface area contributed by atoms with E-state index >= 15 is 0 Å². The maximum atomic E-state index is 11.0. The fourth-order valence-electron chi connectivity index (χ4n) is 0.961. The summed E-state index contributed by atoms with van der Waals surface area (Å²) in [4.78, 5) is 10.4. The first-order valence-electron chi connectivity index (χ1n) is 3.46. The smallest absolute Gasteiger partial charge is 0.279 e. The lowest BCUT2D eigenvalue weighted by atomic mass is 10.4. The summed E-state index contributed by atoms with van der Waals surface area (Å²) in [5.41, 5.74) is -0.0168. The van der Waals surface area contributed by atoms with Crippen molar-refractivity contribution in [2.24, 2.45) is 0 Å². The van der Waals surface area contributed by atoms with Gasteiger partial charge in [-0.05, 0) is 6.92 Å². The molecule has 13 heavy (non-hydrogen) atoms. The Labute approximate surface area is 79.7 Å². The van der Waals surface area contributed by atoms with Gasteiger partial charge in [-0.25, -0.2) is 8.42 Å². The molecular formula is C6H7ClN2O3S. The van der Waals surface area contributed by atoms with Crippen molar-refractivity contribution >= 4 is 26.0 Å². The van der Waals surface area contributed by atoms with Crippen molar-refractivity contribution in [2.45, 2.75) is 18.5 Å². The van der Waals surface area contributed by atoms with E-state index < -0.39 is 9.05 Å². The zero-order valence-electron chi connectivity index (χ0n) is 6.77. The molecule has 0 unspecified atom stereocenters. The Morgan fingerprint density at radius 2 is 2.31 bits per heavy atom. The van der Waals surface area contributed by atoms with Gasteiger partial charge in [0.1, 0.15) is 0 Å². The van der Waals surface area contributed by atoms with E-state index in [1.54, 1.807) is 6.92 Å². The minimum Gasteiger partial charge on any atom is -0.298 e. The summed E-state index contributed by atoms with van der Waals surface area (Å²) in [5.74, 6) is 0. The molecule has 0 N–H and O–H groups in total. The van der Waals surface area contributed by atoms with Crippen LogP contribution in [-0.2, 0) is 15.6 Å². The van der Waals surface area contributed by atoms with Crippen molar-refractivity contribution < 1.29 is 13.2 Å². The van der Waals surface area contributed by atoms with Gasteiger partial charge < -0.3 is 0 Å². The summed E-state index contributed by atoms with van der Waals surface area (Å²) in [6.45, 7) is 2.04. The monoisotopic (exact) mass is 222 g/mol. The zero-order valence-corrected chi connectivity index (χ0v) is 8.34. The highest BCUT2D eigenvalue weighted by atomic mass is 35.7. The van der Waals surface area contributed by atoms with Gasteiger partial charge in [-0.15, -0.1) is 0 Å². The molecule has 0 amide bonds. The molecule has 7 heteroatoms. The molecule has 0 aliphatic carbocycles. The molecule has 0 saturated heterocycles. The summed E-state index contributed by atoms with van der Waals surface area (Å²) in [6, 6.07) is 0. The topological polar surface area (TPSA) is 69.0 Å². The highest BCUT2D eigenvalue weighted by molar-refractivity contribution is 8.13. The van der Waals surface area contributed by atoms with E-state index in [-0.39, 0.29) is 10.6 Å². The summed E-state index contributed by atoms with van der Waals surface area (Å²) < 4.78 is 23.2. The number of halogens is 1. The van der Waals surface area contributed by atoms with Crippen LogP contribution in [0.2, 0.25) is 0 Å². The molecule has 1 aromatic heterocycles. The van der Waals surface area contributed by atoms with Crippen LogP contribution >= 0.6 is 10.7 Å². The fourth-order valence-corrected chi connectivity index (χ4v) is 2.28. The maximum absolute atomic E-state index is 11.0. The molecule has 0 saturated carbocycles. The zero-order chi connectivity index (χ0) is 10.1. The quantitative estimate of drug-likeness (QED) is 0.556. The van der Waals surface area contributed by atoms with Crippen molar-refractivity contribution in [2.75, 3.05) is 0 Å². The van der Waals surface area contributed by atoms with Crippen LogP contribution in [-0.4, -0.2) is 24.5 Å². The van der Waals surface area contributed by atoms with Crippen LogP contribution < -0.4 is 0 Å². The number of aldehydes is 1. The SMILES string of the molecule is CCn1ncc(C=O)c1S(=O)(=O)Cl. The third-order valence-corrected chi connectivity index (χ3v) is 2.82. The number of hydrogen-bond acceptors (Lipinski definition) is 4. The molecule has 0 spiro atoms. The largest absolute Gasteiger partial charge is 0.298 e. The first kappa shape index (κ1) is 10.2. The van der Waals surface area contributed by atoms with E-state index in [1.807, 2.05) is 0 Å². The molecule has 1 heterocycles. The van der Waals surface area contributed by atoms with Gasteiger partial charge >= 0.3 is 0 Å². The number of rotatable bonds is 3. The molecule has 0 radical (unpaired) electrons. The Morgan fingerprint density at radius 1 is 1.69 bits per heavy atom. The van der Waals surface area contributed by atoms with Crippen LogP contribution in [0.15, 0.2) is 11.2 Å². The van der Waals surface area contributed by atoms with E-state index in [9.17, 15) is 13.2 Å². The lowest BCUT2D eigenvalue weighted by Gasteiger charge is -2.00. The average Bonchev–Trinajstić information content (AvgIpc) is 2.45. The van der Waals surface area contributed by atoms with Gasteiger partial charge in [0.2, 0.25) is 0 Å². The minimum atomic E-state index is -3.90. The van der Waals surface area contributed by atoms with E-state index in [1.165, 1.54) is 6.20 Å². The second-order valence-corrected chi connectivity index (χ2v) is 4.76. The Bertz CT molecular complexity index is 423. The lowest BCUT2D eigenvalue weighted by molar-refractivity contribution is 0.112. The van der Waals surface area contributed by atoms with Crippen molar-refractivity contribution in [3.05, 3.63) is 11.8 Å². The van der Waals surface area contributed by atoms with Gasteiger partial charge in [-0.3, -0.25) is 9.48 Å². The van der Waals surface area contributed by atoms with Crippen molar-refractivity contribution in [1.82, 2.24) is 9.78 Å². The van der Waals surface area contributed by atoms with Crippen molar-refractivity contribution in [3.8, 4) is 0 Å². The molecule has 1 rings (SSSR count). The maximum Gasteiger partial charge on any atom is 0.279 e. The predicted octanol–water partition coefficient (Wildman–Crippen LogP) is 0.643. The van der Waals surface area contributed by atoms with Crippen LogP contribution in [0.1, 0.15) is 17.3 Å². The highest BCUT2D eigenvalue weighted by Gasteiger charge is 2.21. The van der Waals surface area contributed by atoms with Crippen molar-refractivity contribution in [3.63, 3.8) is 0 Å². The fraction of sp³-hybridized carbons (Fsp3) is 0.333. The number of nitrogens with zero attached hydrogens (tertiary/aromatic N) is 2. The highest BCUT2D eigenvalue weighted by Crippen LogP contribution is 2.18. The normalized spacial score (nSPS) is 11.5. The van der Waals surface area contributed by atoms with Crippen LogP contribution in [0.5, 0.6) is 0 Å². The van der Waals surface area contributed by atoms with E-state index in [4.69, 9.17) is 10.7 Å². The van der Waals surface area contributed by atoms with Crippen LogP contribution in [0.4, 0.5) is 0 Å². The number of aryl methyl sites for hydroxylation is 1. The lowest BCUT2D eigenvalue weighted by Crippen LogP contribution is -2.06.